The van der Waals surface area contributed by atoms with Crippen LogP contribution in [0, 0.1) is 6.92 Å². The van der Waals surface area contributed by atoms with E-state index in [0.717, 1.165) is 18.8 Å². The fourth-order valence-corrected chi connectivity index (χ4v) is 2.47. The van der Waals surface area contributed by atoms with Gasteiger partial charge in [0.25, 0.3) is 0 Å². The number of hydrogen-bond donors (Lipinski definition) is 2. The van der Waals surface area contributed by atoms with E-state index in [9.17, 15) is 0 Å². The number of thiophene rings is 1. The van der Waals surface area contributed by atoms with Gasteiger partial charge in [-0.1, -0.05) is 6.92 Å². The first-order chi connectivity index (χ1) is 9.20. The Morgan fingerprint density at radius 3 is 2.89 bits per heavy atom. The molecular formula is C14H19N3OS. The van der Waals surface area contributed by atoms with Crippen LogP contribution in [0.25, 0.3) is 0 Å². The molecule has 0 saturated carbocycles. The minimum Gasteiger partial charge on any atom is -0.476 e. The van der Waals surface area contributed by atoms with Gasteiger partial charge in [-0.3, -0.25) is 0 Å². The third kappa shape index (κ3) is 3.61. The average molecular weight is 277 g/mol. The van der Waals surface area contributed by atoms with Crippen molar-refractivity contribution in [2.45, 2.75) is 26.8 Å². The summed E-state index contributed by atoms with van der Waals surface area (Å²) in [6.45, 7) is 5.57. The Balaban J connectivity index is 2.02. The Labute approximate surface area is 117 Å². The quantitative estimate of drug-likeness (QED) is 0.849. The summed E-state index contributed by atoms with van der Waals surface area (Å²) in [7, 11) is 0. The van der Waals surface area contributed by atoms with Gasteiger partial charge in [0.05, 0.1) is 18.8 Å². The van der Waals surface area contributed by atoms with Gasteiger partial charge < -0.3 is 15.8 Å². The van der Waals surface area contributed by atoms with Crippen molar-refractivity contribution in [1.82, 2.24) is 4.98 Å². The lowest BCUT2D eigenvalue weighted by molar-refractivity contribution is 0.307. The van der Waals surface area contributed by atoms with Gasteiger partial charge in [-0.25, -0.2) is 0 Å². The van der Waals surface area contributed by atoms with E-state index in [1.165, 1.54) is 10.4 Å². The molecule has 0 atom stereocenters. The molecule has 102 valence electrons. The van der Waals surface area contributed by atoms with Crippen LogP contribution in [0.5, 0.6) is 5.88 Å². The molecule has 2 aromatic heterocycles. The van der Waals surface area contributed by atoms with E-state index in [1.54, 1.807) is 11.3 Å². The number of nitrogens with zero attached hydrogens (tertiary/aromatic N) is 1. The SMILES string of the molecule is CCCOc1nc(NCc2sccc2C)ccc1N. The topological polar surface area (TPSA) is 60.2 Å². The third-order valence-electron chi connectivity index (χ3n) is 2.73. The number of pyridine rings is 1. The Kier molecular flexibility index (Phi) is 4.63. The molecule has 2 rings (SSSR count). The average Bonchev–Trinajstić information content (AvgIpc) is 2.82. The predicted octanol–water partition coefficient (Wildman–Crippen LogP) is 3.43. The van der Waals surface area contributed by atoms with Crippen LogP contribution in [-0.2, 0) is 6.54 Å². The highest BCUT2D eigenvalue weighted by atomic mass is 32.1. The summed E-state index contributed by atoms with van der Waals surface area (Å²) < 4.78 is 5.51. The maximum atomic E-state index is 5.83. The summed E-state index contributed by atoms with van der Waals surface area (Å²) in [6, 6.07) is 5.81. The van der Waals surface area contributed by atoms with Gasteiger partial charge in [0.2, 0.25) is 5.88 Å². The van der Waals surface area contributed by atoms with Gasteiger partial charge in [0.1, 0.15) is 5.82 Å². The van der Waals surface area contributed by atoms with Crippen molar-refractivity contribution in [1.29, 1.82) is 0 Å². The number of nitrogens with two attached hydrogens (primary N) is 1. The van der Waals surface area contributed by atoms with E-state index in [1.807, 2.05) is 12.1 Å². The summed E-state index contributed by atoms with van der Waals surface area (Å²) in [4.78, 5) is 5.70. The number of nitrogen functional groups attached to an aromatic ring is 1. The molecule has 3 N–H and O–H groups in total. The molecule has 0 radical (unpaired) electrons. The number of rotatable bonds is 6. The summed E-state index contributed by atoms with van der Waals surface area (Å²) in [5.41, 5.74) is 7.71. The lowest BCUT2D eigenvalue weighted by Crippen LogP contribution is -2.05. The highest BCUT2D eigenvalue weighted by Crippen LogP contribution is 2.22. The molecule has 2 aromatic rings. The van der Waals surface area contributed by atoms with E-state index in [2.05, 4.69) is 35.6 Å². The summed E-state index contributed by atoms with van der Waals surface area (Å²) in [5.74, 6) is 1.29. The molecule has 2 heterocycles. The molecule has 0 bridgehead atoms. The molecule has 0 aromatic carbocycles. The number of ether oxygens (including phenoxy) is 1. The van der Waals surface area contributed by atoms with Crippen LogP contribution >= 0.6 is 11.3 Å². The fourth-order valence-electron chi connectivity index (χ4n) is 1.62. The zero-order valence-corrected chi connectivity index (χ0v) is 12.1. The van der Waals surface area contributed by atoms with Crippen LogP contribution < -0.4 is 15.8 Å². The van der Waals surface area contributed by atoms with E-state index < -0.39 is 0 Å². The second kappa shape index (κ2) is 6.43. The Morgan fingerprint density at radius 2 is 2.21 bits per heavy atom. The first-order valence-electron chi connectivity index (χ1n) is 6.37. The van der Waals surface area contributed by atoms with Gasteiger partial charge in [0.15, 0.2) is 0 Å². The van der Waals surface area contributed by atoms with Gasteiger partial charge >= 0.3 is 0 Å². The minimum absolute atomic E-state index is 0.509. The van der Waals surface area contributed by atoms with E-state index in [0.29, 0.717) is 18.2 Å². The van der Waals surface area contributed by atoms with E-state index in [-0.39, 0.29) is 0 Å². The van der Waals surface area contributed by atoms with Crippen molar-refractivity contribution in [2.75, 3.05) is 17.7 Å². The molecule has 0 aliphatic carbocycles. The Hall–Kier alpha value is -1.75. The molecule has 0 aliphatic rings. The monoisotopic (exact) mass is 277 g/mol. The highest BCUT2D eigenvalue weighted by Gasteiger charge is 2.05. The van der Waals surface area contributed by atoms with E-state index >= 15 is 0 Å². The summed E-state index contributed by atoms with van der Waals surface area (Å²) in [6.07, 6.45) is 0.938. The molecule has 0 spiro atoms. The Morgan fingerprint density at radius 1 is 1.37 bits per heavy atom. The van der Waals surface area contributed by atoms with Crippen molar-refractivity contribution in [3.05, 3.63) is 34.0 Å². The van der Waals surface area contributed by atoms with Crippen molar-refractivity contribution in [2.24, 2.45) is 0 Å². The van der Waals surface area contributed by atoms with Crippen LogP contribution in [0.3, 0.4) is 0 Å². The molecule has 0 fully saturated rings. The first kappa shape index (κ1) is 13.7. The van der Waals surface area contributed by atoms with Crippen molar-refractivity contribution >= 4 is 22.8 Å². The molecule has 0 saturated heterocycles. The predicted molar refractivity (Wildman–Crippen MR) is 80.8 cm³/mol. The van der Waals surface area contributed by atoms with Crippen LogP contribution in [-0.4, -0.2) is 11.6 Å². The van der Waals surface area contributed by atoms with Crippen molar-refractivity contribution < 1.29 is 4.74 Å². The second-order valence-corrected chi connectivity index (χ2v) is 5.32. The molecule has 0 aliphatic heterocycles. The lowest BCUT2D eigenvalue weighted by Gasteiger charge is -2.10. The van der Waals surface area contributed by atoms with Gasteiger partial charge in [-0.15, -0.1) is 11.3 Å². The summed E-state index contributed by atoms with van der Waals surface area (Å²) in [5, 5.41) is 5.39. The standard InChI is InChI=1S/C14H19N3OS/c1-3-7-18-14-11(15)4-5-13(17-14)16-9-12-10(2)6-8-19-12/h4-6,8H,3,7,9,15H2,1-2H3,(H,16,17). The second-order valence-electron chi connectivity index (χ2n) is 4.32. The van der Waals surface area contributed by atoms with Gasteiger partial charge in [-0.2, -0.15) is 4.98 Å². The highest BCUT2D eigenvalue weighted by molar-refractivity contribution is 7.10. The normalized spacial score (nSPS) is 10.4. The zero-order chi connectivity index (χ0) is 13.7. The maximum Gasteiger partial charge on any atom is 0.239 e. The molecule has 4 nitrogen and oxygen atoms in total. The number of nitrogens with one attached hydrogen (secondary N) is 1. The summed E-state index contributed by atoms with van der Waals surface area (Å²) >= 11 is 1.74. The molecular weight excluding hydrogens is 258 g/mol. The van der Waals surface area contributed by atoms with Crippen LogP contribution in [0.1, 0.15) is 23.8 Å². The first-order valence-corrected chi connectivity index (χ1v) is 7.25. The third-order valence-corrected chi connectivity index (χ3v) is 3.75. The number of aryl methyl sites for hydroxylation is 1. The number of hydrogen-bond acceptors (Lipinski definition) is 5. The molecule has 5 heteroatoms. The van der Waals surface area contributed by atoms with Crippen LogP contribution in [0.4, 0.5) is 11.5 Å². The number of anilines is 2. The largest absolute Gasteiger partial charge is 0.476 e. The smallest absolute Gasteiger partial charge is 0.239 e. The molecule has 19 heavy (non-hydrogen) atoms. The van der Waals surface area contributed by atoms with Crippen LogP contribution in [0.2, 0.25) is 0 Å². The molecule has 0 unspecified atom stereocenters. The lowest BCUT2D eigenvalue weighted by atomic mass is 10.3. The van der Waals surface area contributed by atoms with Gasteiger partial charge in [-0.05, 0) is 42.5 Å². The minimum atomic E-state index is 0.509. The van der Waals surface area contributed by atoms with Gasteiger partial charge in [0, 0.05) is 4.88 Å². The molecule has 0 amide bonds. The fraction of sp³-hybridized carbons (Fsp3) is 0.357. The Bertz CT molecular complexity index is 539. The van der Waals surface area contributed by atoms with Crippen molar-refractivity contribution in [3.63, 3.8) is 0 Å². The zero-order valence-electron chi connectivity index (χ0n) is 11.3. The van der Waals surface area contributed by atoms with Crippen molar-refractivity contribution in [3.8, 4) is 5.88 Å². The number of aromatic nitrogens is 1. The van der Waals surface area contributed by atoms with Crippen LogP contribution in [0.15, 0.2) is 23.6 Å². The maximum absolute atomic E-state index is 5.83. The van der Waals surface area contributed by atoms with E-state index in [4.69, 9.17) is 10.5 Å².